The maximum absolute atomic E-state index is 12.8. The summed E-state index contributed by atoms with van der Waals surface area (Å²) in [6.45, 7) is 9.03. The summed E-state index contributed by atoms with van der Waals surface area (Å²) in [4.78, 5) is 38.0. The van der Waals surface area contributed by atoms with Crippen LogP contribution in [0.15, 0.2) is 0 Å². The van der Waals surface area contributed by atoms with E-state index in [2.05, 4.69) is 27.7 Å². The maximum Gasteiger partial charge on any atom is 0.306 e. The monoisotopic (exact) mass is 849 g/mol. The van der Waals surface area contributed by atoms with Crippen LogP contribution in [0.25, 0.3) is 0 Å². The molecule has 0 aromatic rings. The Morgan fingerprint density at radius 2 is 0.550 bits per heavy atom. The molecule has 0 spiro atoms. The van der Waals surface area contributed by atoms with Crippen LogP contribution in [-0.2, 0) is 28.6 Å². The molecule has 0 aliphatic rings. The normalized spacial score (nSPS) is 11.9. The van der Waals surface area contributed by atoms with E-state index < -0.39 is 6.10 Å². The van der Waals surface area contributed by atoms with Crippen LogP contribution >= 0.6 is 0 Å². The van der Waals surface area contributed by atoms with Gasteiger partial charge in [0, 0.05) is 19.3 Å². The highest BCUT2D eigenvalue weighted by Gasteiger charge is 2.19. The molecule has 0 rings (SSSR count). The zero-order chi connectivity index (χ0) is 43.8. The largest absolute Gasteiger partial charge is 0.462 e. The van der Waals surface area contributed by atoms with Gasteiger partial charge in [-0.1, -0.05) is 265 Å². The van der Waals surface area contributed by atoms with Crippen molar-refractivity contribution in [3.63, 3.8) is 0 Å². The highest BCUT2D eigenvalue weighted by Crippen LogP contribution is 2.17. The Labute approximate surface area is 374 Å². The van der Waals surface area contributed by atoms with Gasteiger partial charge in [-0.2, -0.15) is 0 Å². The number of ether oxygens (including phenoxy) is 3. The molecule has 0 amide bonds. The standard InChI is InChI=1S/C54H104O6/c1-5-7-9-11-13-15-17-18-19-20-21-22-26-31-35-39-43-47-54(57)60-51(48-58-52(55)45-41-37-33-29-24-16-14-12-10-8-6-2)49-59-53(56)46-42-38-34-30-27-23-25-28-32-36-40-44-50(3)4/h50-51H,5-49H2,1-4H3/t51-/m0/s1. The third-order valence-electron chi connectivity index (χ3n) is 12.3. The van der Waals surface area contributed by atoms with Gasteiger partial charge in [0.15, 0.2) is 6.10 Å². The van der Waals surface area contributed by atoms with Crippen LogP contribution in [0, 0.1) is 5.92 Å². The van der Waals surface area contributed by atoms with E-state index in [-0.39, 0.29) is 31.1 Å². The summed E-state index contributed by atoms with van der Waals surface area (Å²) >= 11 is 0. The molecule has 1 atom stereocenters. The van der Waals surface area contributed by atoms with Crippen LogP contribution in [0.3, 0.4) is 0 Å². The van der Waals surface area contributed by atoms with Crippen LogP contribution in [0.2, 0.25) is 0 Å². The Hall–Kier alpha value is -1.59. The third-order valence-corrected chi connectivity index (χ3v) is 12.3. The Kier molecular flexibility index (Phi) is 47.2. The van der Waals surface area contributed by atoms with Gasteiger partial charge in [-0.15, -0.1) is 0 Å². The van der Waals surface area contributed by atoms with Crippen molar-refractivity contribution in [1.82, 2.24) is 0 Å². The number of hydrogen-bond acceptors (Lipinski definition) is 6. The van der Waals surface area contributed by atoms with Crippen LogP contribution in [0.5, 0.6) is 0 Å². The van der Waals surface area contributed by atoms with Crippen molar-refractivity contribution in [1.29, 1.82) is 0 Å². The molecule has 0 aliphatic heterocycles. The summed E-state index contributed by atoms with van der Waals surface area (Å²) < 4.78 is 16.8. The number of unbranched alkanes of at least 4 members (excludes halogenated alkanes) is 36. The van der Waals surface area contributed by atoms with Crippen molar-refractivity contribution in [3.8, 4) is 0 Å². The topological polar surface area (TPSA) is 78.9 Å². The predicted octanol–water partition coefficient (Wildman–Crippen LogP) is 17.5. The van der Waals surface area contributed by atoms with Gasteiger partial charge in [0.2, 0.25) is 0 Å². The molecule has 6 heteroatoms. The lowest BCUT2D eigenvalue weighted by Gasteiger charge is -2.18. The molecule has 60 heavy (non-hydrogen) atoms. The molecular weight excluding hydrogens is 745 g/mol. The minimum absolute atomic E-state index is 0.0626. The van der Waals surface area contributed by atoms with E-state index in [1.807, 2.05) is 0 Å². The lowest BCUT2D eigenvalue weighted by Crippen LogP contribution is -2.30. The Morgan fingerprint density at radius 1 is 0.317 bits per heavy atom. The summed E-state index contributed by atoms with van der Waals surface area (Å²) in [6.07, 6.45) is 50.9. The number of hydrogen-bond donors (Lipinski definition) is 0. The van der Waals surface area contributed by atoms with Crippen molar-refractivity contribution < 1.29 is 28.6 Å². The zero-order valence-corrected chi connectivity index (χ0v) is 40.9. The van der Waals surface area contributed by atoms with E-state index in [4.69, 9.17) is 14.2 Å². The van der Waals surface area contributed by atoms with E-state index in [1.54, 1.807) is 0 Å². The molecule has 0 saturated carbocycles. The molecule has 0 heterocycles. The van der Waals surface area contributed by atoms with E-state index >= 15 is 0 Å². The molecule has 0 N–H and O–H groups in total. The van der Waals surface area contributed by atoms with Gasteiger partial charge in [-0.25, -0.2) is 0 Å². The summed E-state index contributed by atoms with van der Waals surface area (Å²) in [5.74, 6) is -0.0154. The van der Waals surface area contributed by atoms with Gasteiger partial charge in [-0.3, -0.25) is 14.4 Å². The van der Waals surface area contributed by atoms with Gasteiger partial charge in [-0.05, 0) is 25.2 Å². The Bertz CT molecular complexity index is 903. The number of carbonyl (C=O) groups is 3. The first-order valence-corrected chi connectivity index (χ1v) is 26.9. The van der Waals surface area contributed by atoms with Gasteiger partial charge < -0.3 is 14.2 Å². The number of carbonyl (C=O) groups excluding carboxylic acids is 3. The molecule has 0 unspecified atom stereocenters. The Balaban J connectivity index is 4.28. The lowest BCUT2D eigenvalue weighted by molar-refractivity contribution is -0.167. The fraction of sp³-hybridized carbons (Fsp3) is 0.944. The molecule has 0 aromatic carbocycles. The average Bonchev–Trinajstić information content (AvgIpc) is 3.23. The van der Waals surface area contributed by atoms with Crippen molar-refractivity contribution in [2.24, 2.45) is 5.92 Å². The molecule has 0 fully saturated rings. The summed E-state index contributed by atoms with van der Waals surface area (Å²) in [6, 6.07) is 0. The quantitative estimate of drug-likeness (QED) is 0.0345. The highest BCUT2D eigenvalue weighted by atomic mass is 16.6. The molecule has 0 aliphatic carbocycles. The lowest BCUT2D eigenvalue weighted by atomic mass is 10.0. The first-order valence-electron chi connectivity index (χ1n) is 26.9. The second-order valence-electron chi connectivity index (χ2n) is 19.0. The fourth-order valence-corrected chi connectivity index (χ4v) is 8.22. The molecule has 356 valence electrons. The first kappa shape index (κ1) is 58.4. The van der Waals surface area contributed by atoms with Crippen molar-refractivity contribution >= 4 is 17.9 Å². The van der Waals surface area contributed by atoms with Crippen LogP contribution < -0.4 is 0 Å². The van der Waals surface area contributed by atoms with Gasteiger partial charge >= 0.3 is 17.9 Å². The van der Waals surface area contributed by atoms with E-state index in [0.717, 1.165) is 63.7 Å². The predicted molar refractivity (Wildman–Crippen MR) is 257 cm³/mol. The van der Waals surface area contributed by atoms with Crippen molar-refractivity contribution in [2.75, 3.05) is 13.2 Å². The molecule has 0 saturated heterocycles. The third kappa shape index (κ3) is 47.5. The second-order valence-corrected chi connectivity index (χ2v) is 19.0. The molecule has 0 radical (unpaired) electrons. The van der Waals surface area contributed by atoms with Crippen molar-refractivity contribution in [2.45, 2.75) is 310 Å². The first-order chi connectivity index (χ1) is 29.4. The van der Waals surface area contributed by atoms with E-state index in [9.17, 15) is 14.4 Å². The zero-order valence-electron chi connectivity index (χ0n) is 40.9. The van der Waals surface area contributed by atoms with Crippen LogP contribution in [0.4, 0.5) is 0 Å². The average molecular weight is 849 g/mol. The number of esters is 3. The van der Waals surface area contributed by atoms with Crippen LogP contribution in [-0.4, -0.2) is 37.2 Å². The summed E-state index contributed by atoms with van der Waals surface area (Å²) in [7, 11) is 0. The maximum atomic E-state index is 12.8. The van der Waals surface area contributed by atoms with E-state index in [0.29, 0.717) is 19.3 Å². The number of rotatable bonds is 49. The SMILES string of the molecule is CCCCCCCCCCCCCCCCCCCC(=O)O[C@@H](COC(=O)CCCCCCCCCCCCC)COC(=O)CCCCCCCCCCCCCC(C)C. The molecule has 6 nitrogen and oxygen atoms in total. The fourth-order valence-electron chi connectivity index (χ4n) is 8.22. The second kappa shape index (κ2) is 48.4. The minimum Gasteiger partial charge on any atom is -0.462 e. The van der Waals surface area contributed by atoms with E-state index in [1.165, 1.54) is 199 Å². The minimum atomic E-state index is -0.760. The molecule has 0 bridgehead atoms. The smallest absolute Gasteiger partial charge is 0.306 e. The Morgan fingerprint density at radius 3 is 0.817 bits per heavy atom. The summed E-state index contributed by atoms with van der Waals surface area (Å²) in [5, 5.41) is 0. The molecule has 0 aromatic heterocycles. The van der Waals surface area contributed by atoms with Gasteiger partial charge in [0.05, 0.1) is 0 Å². The highest BCUT2D eigenvalue weighted by molar-refractivity contribution is 5.71. The van der Waals surface area contributed by atoms with Gasteiger partial charge in [0.25, 0.3) is 0 Å². The van der Waals surface area contributed by atoms with Crippen LogP contribution in [0.1, 0.15) is 304 Å². The van der Waals surface area contributed by atoms with Gasteiger partial charge in [0.1, 0.15) is 13.2 Å². The molecular formula is C54H104O6. The summed E-state index contributed by atoms with van der Waals surface area (Å²) in [5.41, 5.74) is 0. The van der Waals surface area contributed by atoms with Crippen molar-refractivity contribution in [3.05, 3.63) is 0 Å².